The molecule has 7 heteroatoms. The van der Waals surface area contributed by atoms with Gasteiger partial charge in [-0.25, -0.2) is 9.97 Å². The second-order valence-electron chi connectivity index (χ2n) is 8.54. The van der Waals surface area contributed by atoms with E-state index < -0.39 is 0 Å². The summed E-state index contributed by atoms with van der Waals surface area (Å²) in [4.78, 5) is 25.1. The molecule has 2 aliphatic rings. The molecule has 160 valence electrons. The monoisotopic (exact) mass is 416 g/mol. The lowest BCUT2D eigenvalue weighted by molar-refractivity contribution is -0.125. The zero-order chi connectivity index (χ0) is 21.2. The van der Waals surface area contributed by atoms with Gasteiger partial charge in [0.25, 0.3) is 0 Å². The highest BCUT2D eigenvalue weighted by Gasteiger charge is 2.30. The molecule has 1 saturated heterocycles. The average Bonchev–Trinajstić information content (AvgIpc) is 3.46. The Balaban J connectivity index is 1.35. The Kier molecular flexibility index (Phi) is 5.40. The first-order chi connectivity index (χ1) is 15.2. The number of aromatic nitrogens is 4. The van der Waals surface area contributed by atoms with E-state index in [9.17, 15) is 4.79 Å². The van der Waals surface area contributed by atoms with Gasteiger partial charge in [-0.1, -0.05) is 30.3 Å². The van der Waals surface area contributed by atoms with Gasteiger partial charge in [-0.15, -0.1) is 0 Å². The van der Waals surface area contributed by atoms with Gasteiger partial charge >= 0.3 is 0 Å². The van der Waals surface area contributed by atoms with E-state index in [0.29, 0.717) is 13.1 Å². The van der Waals surface area contributed by atoms with Crippen molar-refractivity contribution in [1.29, 1.82) is 0 Å². The van der Waals surface area contributed by atoms with Crippen LogP contribution in [0.2, 0.25) is 0 Å². The van der Waals surface area contributed by atoms with Crippen molar-refractivity contribution in [2.75, 3.05) is 18.0 Å². The molecule has 1 fully saturated rings. The van der Waals surface area contributed by atoms with E-state index >= 15 is 0 Å². The predicted octanol–water partition coefficient (Wildman–Crippen LogP) is 2.90. The van der Waals surface area contributed by atoms with E-state index in [-0.39, 0.29) is 11.8 Å². The van der Waals surface area contributed by atoms with E-state index in [0.717, 1.165) is 61.4 Å². The van der Waals surface area contributed by atoms with Crippen LogP contribution < -0.4 is 10.2 Å². The van der Waals surface area contributed by atoms with Crippen LogP contribution in [0.25, 0.3) is 11.4 Å². The number of nitrogens with zero attached hydrogens (tertiary/aromatic N) is 5. The fourth-order valence-corrected chi connectivity index (χ4v) is 4.67. The van der Waals surface area contributed by atoms with E-state index in [1.165, 1.54) is 11.3 Å². The number of hydrogen-bond acceptors (Lipinski definition) is 5. The number of hydrogen-bond donors (Lipinski definition) is 1. The smallest absolute Gasteiger partial charge is 0.225 e. The van der Waals surface area contributed by atoms with Gasteiger partial charge in [0.1, 0.15) is 5.82 Å². The Morgan fingerprint density at radius 3 is 2.84 bits per heavy atom. The van der Waals surface area contributed by atoms with Gasteiger partial charge in [-0.05, 0) is 32.1 Å². The first kappa shape index (κ1) is 19.7. The van der Waals surface area contributed by atoms with Gasteiger partial charge in [-0.2, -0.15) is 5.10 Å². The van der Waals surface area contributed by atoms with Crippen molar-refractivity contribution in [3.8, 4) is 11.4 Å². The minimum absolute atomic E-state index is 0.0300. The van der Waals surface area contributed by atoms with Crippen LogP contribution in [-0.4, -0.2) is 38.7 Å². The molecule has 1 aromatic carbocycles. The van der Waals surface area contributed by atoms with Crippen LogP contribution in [-0.2, 0) is 31.2 Å². The van der Waals surface area contributed by atoms with E-state index in [2.05, 4.69) is 27.4 Å². The summed E-state index contributed by atoms with van der Waals surface area (Å²) in [6, 6.07) is 10.2. The van der Waals surface area contributed by atoms with Crippen molar-refractivity contribution in [2.45, 2.75) is 38.6 Å². The van der Waals surface area contributed by atoms with Gasteiger partial charge in [-0.3, -0.25) is 9.48 Å². The molecular formula is C24H28N6O. The third-order valence-corrected chi connectivity index (χ3v) is 6.26. The number of rotatable bonds is 5. The third kappa shape index (κ3) is 4.17. The lowest BCUT2D eigenvalue weighted by atomic mass is 9.96. The molecule has 0 bridgehead atoms. The van der Waals surface area contributed by atoms with Gasteiger partial charge in [0.2, 0.25) is 5.91 Å². The molecule has 0 spiro atoms. The highest BCUT2D eigenvalue weighted by molar-refractivity contribution is 5.79. The van der Waals surface area contributed by atoms with Crippen molar-refractivity contribution in [1.82, 2.24) is 25.1 Å². The molecule has 1 aliphatic carbocycles. The number of anilines is 1. The van der Waals surface area contributed by atoms with Crippen LogP contribution in [0.1, 0.15) is 36.1 Å². The van der Waals surface area contributed by atoms with Crippen molar-refractivity contribution >= 4 is 11.7 Å². The maximum atomic E-state index is 12.9. The van der Waals surface area contributed by atoms with Crippen LogP contribution in [0.3, 0.4) is 0 Å². The van der Waals surface area contributed by atoms with Gasteiger partial charge < -0.3 is 10.2 Å². The Morgan fingerprint density at radius 1 is 1.16 bits per heavy atom. The molecule has 3 heterocycles. The summed E-state index contributed by atoms with van der Waals surface area (Å²) >= 11 is 0. The SMILES string of the molecule is Cn1cc(CNC(=O)[C@H]2CCCN(c3nc(-c4ccccc4)nc4c3CCC4)C2)cn1. The molecule has 0 saturated carbocycles. The van der Waals surface area contributed by atoms with Crippen LogP contribution in [0.4, 0.5) is 5.82 Å². The van der Waals surface area contributed by atoms with E-state index in [4.69, 9.17) is 9.97 Å². The summed E-state index contributed by atoms with van der Waals surface area (Å²) in [6.07, 6.45) is 8.78. The second kappa shape index (κ2) is 8.49. The van der Waals surface area contributed by atoms with Gasteiger partial charge in [0.15, 0.2) is 5.82 Å². The molecule has 31 heavy (non-hydrogen) atoms. The molecule has 1 amide bonds. The highest BCUT2D eigenvalue weighted by Crippen LogP contribution is 2.33. The number of carbonyl (C=O) groups excluding carboxylic acids is 1. The van der Waals surface area contributed by atoms with Crippen LogP contribution in [0, 0.1) is 5.92 Å². The van der Waals surface area contributed by atoms with Gasteiger partial charge in [0, 0.05) is 55.3 Å². The third-order valence-electron chi connectivity index (χ3n) is 6.26. The van der Waals surface area contributed by atoms with E-state index in [1.807, 2.05) is 31.4 Å². The predicted molar refractivity (Wildman–Crippen MR) is 119 cm³/mol. The standard InChI is InChI=1S/C24H28N6O/c1-29-15-17(14-26-29)13-25-24(31)19-9-6-12-30(16-19)23-20-10-5-11-21(20)27-22(28-23)18-7-3-2-4-8-18/h2-4,7-8,14-15,19H,5-6,9-13,16H2,1H3,(H,25,31)/t19-/m0/s1. The second-order valence-corrected chi connectivity index (χ2v) is 8.54. The summed E-state index contributed by atoms with van der Waals surface area (Å²) in [7, 11) is 1.88. The number of amides is 1. The molecule has 1 atom stereocenters. The summed E-state index contributed by atoms with van der Waals surface area (Å²) in [6.45, 7) is 2.16. The minimum atomic E-state index is -0.0300. The molecule has 1 N–H and O–H groups in total. The zero-order valence-corrected chi connectivity index (χ0v) is 17.9. The Labute approximate surface area is 182 Å². The number of fused-ring (bicyclic) bond motifs is 1. The number of aryl methyl sites for hydroxylation is 2. The van der Waals surface area contributed by atoms with Crippen molar-refractivity contribution < 1.29 is 4.79 Å². The normalized spacial score (nSPS) is 18.1. The molecule has 3 aromatic rings. The number of carbonyl (C=O) groups is 1. The number of nitrogens with one attached hydrogen (secondary N) is 1. The summed E-state index contributed by atoms with van der Waals surface area (Å²) in [5.41, 5.74) is 4.51. The van der Waals surface area contributed by atoms with Crippen LogP contribution in [0.5, 0.6) is 0 Å². The Hall–Kier alpha value is -3.22. The topological polar surface area (TPSA) is 75.9 Å². The molecule has 2 aromatic heterocycles. The molecule has 7 nitrogen and oxygen atoms in total. The quantitative estimate of drug-likeness (QED) is 0.692. The van der Waals surface area contributed by atoms with E-state index in [1.54, 1.807) is 10.9 Å². The van der Waals surface area contributed by atoms with Crippen LogP contribution in [0.15, 0.2) is 42.7 Å². The lowest BCUT2D eigenvalue weighted by Crippen LogP contribution is -2.43. The van der Waals surface area contributed by atoms with Crippen molar-refractivity contribution in [3.63, 3.8) is 0 Å². The number of piperidine rings is 1. The number of benzene rings is 1. The van der Waals surface area contributed by atoms with Crippen LogP contribution >= 0.6 is 0 Å². The zero-order valence-electron chi connectivity index (χ0n) is 17.9. The summed E-state index contributed by atoms with van der Waals surface area (Å²) < 4.78 is 1.75. The Bertz CT molecular complexity index is 1080. The molecule has 5 rings (SSSR count). The highest BCUT2D eigenvalue weighted by atomic mass is 16.1. The van der Waals surface area contributed by atoms with Gasteiger partial charge in [0.05, 0.1) is 12.1 Å². The maximum Gasteiger partial charge on any atom is 0.225 e. The molecule has 0 radical (unpaired) electrons. The largest absolute Gasteiger partial charge is 0.355 e. The van der Waals surface area contributed by atoms with Crippen molar-refractivity contribution in [3.05, 3.63) is 59.5 Å². The molecular weight excluding hydrogens is 388 g/mol. The summed E-state index contributed by atoms with van der Waals surface area (Å²) in [5.74, 6) is 1.91. The first-order valence-electron chi connectivity index (χ1n) is 11.1. The fourth-order valence-electron chi connectivity index (χ4n) is 4.67. The summed E-state index contributed by atoms with van der Waals surface area (Å²) in [5, 5.41) is 7.26. The fraction of sp³-hybridized carbons (Fsp3) is 0.417. The average molecular weight is 417 g/mol. The first-order valence-corrected chi connectivity index (χ1v) is 11.1. The Morgan fingerprint density at radius 2 is 2.03 bits per heavy atom. The minimum Gasteiger partial charge on any atom is -0.355 e. The maximum absolute atomic E-state index is 12.9. The van der Waals surface area contributed by atoms with Crippen molar-refractivity contribution in [2.24, 2.45) is 13.0 Å². The molecule has 1 aliphatic heterocycles. The molecule has 0 unspecified atom stereocenters. The lowest BCUT2D eigenvalue weighted by Gasteiger charge is -2.34.